The van der Waals surface area contributed by atoms with Crippen molar-refractivity contribution >= 4 is 17.5 Å². The van der Waals surface area contributed by atoms with Gasteiger partial charge in [0, 0.05) is 23.3 Å². The van der Waals surface area contributed by atoms with Gasteiger partial charge >= 0.3 is 0 Å². The van der Waals surface area contributed by atoms with Crippen LogP contribution in [0.3, 0.4) is 0 Å². The summed E-state index contributed by atoms with van der Waals surface area (Å²) in [4.78, 5) is 40.7. The molecule has 9 nitrogen and oxygen atoms in total. The summed E-state index contributed by atoms with van der Waals surface area (Å²) in [7, 11) is 3.12. The van der Waals surface area contributed by atoms with Gasteiger partial charge in [-0.1, -0.05) is 24.3 Å². The molecule has 0 fully saturated rings. The van der Waals surface area contributed by atoms with Gasteiger partial charge in [-0.15, -0.1) is 0 Å². The Labute approximate surface area is 210 Å². The zero-order valence-corrected chi connectivity index (χ0v) is 20.0. The van der Waals surface area contributed by atoms with Crippen LogP contribution in [-0.2, 0) is 9.59 Å². The average Bonchev–Trinajstić information content (AvgIpc) is 2.82. The lowest BCUT2D eigenvalue weighted by Gasteiger charge is -2.51. The highest BCUT2D eigenvalue weighted by Gasteiger charge is 2.64. The molecule has 5 rings (SSSR count). The number of nitrogens with two attached hydrogens (primary N) is 1. The Morgan fingerprint density at radius 3 is 2.32 bits per heavy atom. The number of rotatable bonds is 3. The maximum atomic E-state index is 13.8. The molecule has 192 valence electrons. The topological polar surface area (TPSA) is 161 Å². The number of fused-ring (bicyclic) bond motifs is 3. The van der Waals surface area contributed by atoms with Gasteiger partial charge in [-0.25, -0.2) is 4.39 Å². The van der Waals surface area contributed by atoms with Gasteiger partial charge in [-0.05, 0) is 49.8 Å². The third-order valence-corrected chi connectivity index (χ3v) is 7.84. The molecule has 5 atom stereocenters. The first-order valence-electron chi connectivity index (χ1n) is 11.6. The lowest BCUT2D eigenvalue weighted by Crippen LogP contribution is -2.64. The molecule has 0 bridgehead atoms. The number of primary amides is 1. The van der Waals surface area contributed by atoms with Gasteiger partial charge in [0.05, 0.1) is 11.6 Å². The van der Waals surface area contributed by atoms with Gasteiger partial charge in [0.25, 0.3) is 5.91 Å². The predicted octanol–water partition coefficient (Wildman–Crippen LogP) is 1.85. The molecule has 0 aliphatic heterocycles. The summed E-state index contributed by atoms with van der Waals surface area (Å²) in [6.07, 6.45) is -0.0799. The number of aromatic hydroxyl groups is 1. The molecule has 0 saturated carbocycles. The van der Waals surface area contributed by atoms with Crippen LogP contribution in [0.1, 0.15) is 33.8 Å². The standard InChI is InChI=1S/C27H25FN2O7/c1-30(2)21-15-10-14-17(11-6-8-12(28)9-7-11)13-4-3-5-16(31)18(13)22(32)19(14)24(34)27(15,37)25(35)20(23(21)33)26(29)36/h3-9,14-15,17,21,31,33-34,37H,10H2,1-2H3,(H2,29,36)/t14-,15+,17+,21+,27+/m1/s1. The lowest BCUT2D eigenvalue weighted by atomic mass is 9.55. The smallest absolute Gasteiger partial charge is 0.255 e. The van der Waals surface area contributed by atoms with Gasteiger partial charge in [0.2, 0.25) is 5.78 Å². The van der Waals surface area contributed by atoms with E-state index in [1.54, 1.807) is 26.2 Å². The number of hydrogen-bond donors (Lipinski definition) is 5. The lowest BCUT2D eigenvalue weighted by molar-refractivity contribution is -0.148. The summed E-state index contributed by atoms with van der Waals surface area (Å²) in [5, 5.41) is 44.7. The second-order valence-electron chi connectivity index (χ2n) is 9.94. The number of nitrogens with zero attached hydrogens (tertiary/aromatic N) is 1. The zero-order valence-electron chi connectivity index (χ0n) is 20.0. The highest BCUT2D eigenvalue weighted by molar-refractivity contribution is 6.24. The Morgan fingerprint density at radius 2 is 1.73 bits per heavy atom. The number of phenols is 1. The minimum atomic E-state index is -2.73. The minimum Gasteiger partial charge on any atom is -0.510 e. The molecule has 3 aliphatic carbocycles. The number of Topliss-reactive ketones (excluding diaryl/α,β-unsaturated/α-hetero) is 2. The largest absolute Gasteiger partial charge is 0.510 e. The van der Waals surface area contributed by atoms with Crippen LogP contribution in [0.4, 0.5) is 4.39 Å². The number of aliphatic hydroxyl groups excluding tert-OH is 2. The van der Waals surface area contributed by atoms with Gasteiger partial charge in [0.15, 0.2) is 11.4 Å². The maximum Gasteiger partial charge on any atom is 0.255 e. The summed E-state index contributed by atoms with van der Waals surface area (Å²) in [6.45, 7) is 0. The molecule has 6 N–H and O–H groups in total. The van der Waals surface area contributed by atoms with E-state index in [-0.39, 0.29) is 23.3 Å². The number of aliphatic hydroxyl groups is 3. The van der Waals surface area contributed by atoms with Crippen LogP contribution < -0.4 is 5.73 Å². The number of amides is 1. The van der Waals surface area contributed by atoms with Crippen LogP contribution in [0.2, 0.25) is 0 Å². The minimum absolute atomic E-state index is 0.0799. The van der Waals surface area contributed by atoms with Crippen molar-refractivity contribution in [3.8, 4) is 5.75 Å². The number of phenolic OH excluding ortho intramolecular Hbond substituents is 1. The van der Waals surface area contributed by atoms with Crippen molar-refractivity contribution in [2.45, 2.75) is 24.0 Å². The number of carbonyl (C=O) groups is 3. The van der Waals surface area contributed by atoms with Gasteiger partial charge in [-0.3, -0.25) is 19.3 Å². The van der Waals surface area contributed by atoms with Crippen molar-refractivity contribution in [2.75, 3.05) is 14.1 Å². The normalized spacial score (nSPS) is 29.2. The molecule has 2 aromatic rings. The van der Waals surface area contributed by atoms with Crippen molar-refractivity contribution < 1.29 is 39.2 Å². The summed E-state index contributed by atoms with van der Waals surface area (Å²) < 4.78 is 13.8. The molecule has 2 aromatic carbocycles. The average molecular weight is 509 g/mol. The fourth-order valence-electron chi connectivity index (χ4n) is 6.32. The Balaban J connectivity index is 1.82. The molecule has 0 aromatic heterocycles. The van der Waals surface area contributed by atoms with E-state index in [2.05, 4.69) is 0 Å². The zero-order chi connectivity index (χ0) is 27.0. The molecule has 37 heavy (non-hydrogen) atoms. The summed E-state index contributed by atoms with van der Waals surface area (Å²) in [6, 6.07) is 8.95. The van der Waals surface area contributed by atoms with E-state index >= 15 is 0 Å². The number of halogens is 1. The molecule has 0 saturated heterocycles. The van der Waals surface area contributed by atoms with E-state index < -0.39 is 69.8 Å². The first-order chi connectivity index (χ1) is 17.4. The molecule has 0 unspecified atom stereocenters. The molecular weight excluding hydrogens is 483 g/mol. The Kier molecular flexibility index (Phi) is 5.50. The number of hydrogen-bond acceptors (Lipinski definition) is 8. The second-order valence-corrected chi connectivity index (χ2v) is 9.94. The predicted molar refractivity (Wildman–Crippen MR) is 128 cm³/mol. The third-order valence-electron chi connectivity index (χ3n) is 7.84. The molecule has 0 heterocycles. The first-order valence-corrected chi connectivity index (χ1v) is 11.6. The quantitative estimate of drug-likeness (QED) is 0.393. The van der Waals surface area contributed by atoms with Gasteiger partial charge in [0.1, 0.15) is 28.7 Å². The molecule has 0 spiro atoms. The van der Waals surface area contributed by atoms with Crippen LogP contribution in [0.25, 0.3) is 0 Å². The highest BCUT2D eigenvalue weighted by Crippen LogP contribution is 2.56. The van der Waals surface area contributed by atoms with E-state index in [1.807, 2.05) is 0 Å². The van der Waals surface area contributed by atoms with E-state index in [0.717, 1.165) is 0 Å². The van der Waals surface area contributed by atoms with Crippen LogP contribution in [0, 0.1) is 17.7 Å². The van der Waals surface area contributed by atoms with Crippen molar-refractivity contribution in [1.29, 1.82) is 0 Å². The van der Waals surface area contributed by atoms with Crippen molar-refractivity contribution in [1.82, 2.24) is 4.90 Å². The van der Waals surface area contributed by atoms with E-state index in [9.17, 15) is 39.2 Å². The Morgan fingerprint density at radius 1 is 1.08 bits per heavy atom. The summed E-state index contributed by atoms with van der Waals surface area (Å²) >= 11 is 0. The van der Waals surface area contributed by atoms with Crippen LogP contribution in [-0.4, -0.2) is 68.5 Å². The number of benzene rings is 2. The van der Waals surface area contributed by atoms with Gasteiger partial charge in [-0.2, -0.15) is 0 Å². The monoisotopic (exact) mass is 508 g/mol. The number of ketones is 2. The van der Waals surface area contributed by atoms with Crippen LogP contribution >= 0.6 is 0 Å². The molecular formula is C27H25FN2O7. The molecule has 10 heteroatoms. The Bertz CT molecular complexity index is 1430. The van der Waals surface area contributed by atoms with Crippen molar-refractivity contribution in [3.05, 3.63) is 87.6 Å². The van der Waals surface area contributed by atoms with E-state index in [0.29, 0.717) is 11.1 Å². The number of allylic oxidation sites excluding steroid dienone is 1. The molecule has 3 aliphatic rings. The SMILES string of the molecule is CN(C)[C@@H]1C(O)=C(C(N)=O)C(=O)[C@@]2(O)C(O)=C3C(=O)c4c(O)cccc4[C@H](c4ccc(F)cc4)[C@H]3C[C@@H]12. The van der Waals surface area contributed by atoms with Gasteiger partial charge < -0.3 is 26.2 Å². The Hall–Kier alpha value is -4.02. The van der Waals surface area contributed by atoms with E-state index in [4.69, 9.17) is 5.73 Å². The molecule has 1 amide bonds. The van der Waals surface area contributed by atoms with E-state index in [1.165, 1.54) is 35.2 Å². The number of carbonyl (C=O) groups excluding carboxylic acids is 3. The highest BCUT2D eigenvalue weighted by atomic mass is 19.1. The summed E-state index contributed by atoms with van der Waals surface area (Å²) in [5.41, 5.74) is 2.36. The van der Waals surface area contributed by atoms with Crippen LogP contribution in [0.5, 0.6) is 5.75 Å². The van der Waals surface area contributed by atoms with Crippen LogP contribution in [0.15, 0.2) is 65.1 Å². The fraction of sp³-hybridized carbons (Fsp3) is 0.296. The number of likely N-dealkylation sites (N-methyl/N-ethyl adjacent to an activating group) is 1. The maximum absolute atomic E-state index is 13.8. The fourth-order valence-corrected chi connectivity index (χ4v) is 6.32. The summed E-state index contributed by atoms with van der Waals surface area (Å²) in [5.74, 6) is -8.49. The van der Waals surface area contributed by atoms with Crippen molar-refractivity contribution in [3.63, 3.8) is 0 Å². The molecule has 0 radical (unpaired) electrons. The third kappa shape index (κ3) is 3.25. The second kappa shape index (κ2) is 8.25. The van der Waals surface area contributed by atoms with Crippen molar-refractivity contribution in [2.24, 2.45) is 17.6 Å². The first kappa shape index (κ1) is 24.7.